The molecule has 3 heteroatoms. The first-order valence-electron chi connectivity index (χ1n) is 4.61. The first-order valence-corrected chi connectivity index (χ1v) is 5.86. The first kappa shape index (κ1) is 13.9. The molecule has 14 heavy (non-hydrogen) atoms. The van der Waals surface area contributed by atoms with Crippen LogP contribution in [0.5, 0.6) is 0 Å². The van der Waals surface area contributed by atoms with Crippen LogP contribution in [0.15, 0.2) is 10.2 Å². The third-order valence-corrected chi connectivity index (χ3v) is 2.51. The van der Waals surface area contributed by atoms with Gasteiger partial charge in [0.25, 0.3) is 0 Å². The maximum Gasteiger partial charge on any atom is 0.311 e. The van der Waals surface area contributed by atoms with Gasteiger partial charge >= 0.3 is 5.97 Å². The molecule has 2 nitrogen and oxygen atoms in total. The normalized spacial score (nSPS) is 13.3. The van der Waals surface area contributed by atoms with Crippen molar-refractivity contribution < 1.29 is 9.53 Å². The fraction of sp³-hybridized carbons (Fsp3) is 0.727. The van der Waals surface area contributed by atoms with E-state index in [1.54, 1.807) is 0 Å². The molecule has 0 unspecified atom stereocenters. The largest absolute Gasteiger partial charge is 0.469 e. The zero-order valence-electron chi connectivity index (χ0n) is 9.56. The van der Waals surface area contributed by atoms with Gasteiger partial charge in [0, 0.05) is 0 Å². The summed E-state index contributed by atoms with van der Waals surface area (Å²) in [6.45, 7) is 8.07. The Balaban J connectivity index is 4.57. The highest BCUT2D eigenvalue weighted by Crippen LogP contribution is 2.35. The summed E-state index contributed by atoms with van der Waals surface area (Å²) in [7, 11) is 1.44. The van der Waals surface area contributed by atoms with E-state index in [2.05, 4.69) is 42.5 Å². The van der Waals surface area contributed by atoms with Gasteiger partial charge in [0.15, 0.2) is 0 Å². The molecule has 0 aliphatic carbocycles. The van der Waals surface area contributed by atoms with Crippen molar-refractivity contribution in [3.63, 3.8) is 0 Å². The highest BCUT2D eigenvalue weighted by atomic mass is 127. The Labute approximate surface area is 100 Å². The molecule has 0 N–H and O–H groups in total. The van der Waals surface area contributed by atoms with Gasteiger partial charge in [0.2, 0.25) is 0 Å². The molecule has 0 saturated carbocycles. The molecule has 0 spiro atoms. The Bertz CT molecular complexity index is 229. The van der Waals surface area contributed by atoms with Gasteiger partial charge in [-0.1, -0.05) is 42.5 Å². The maximum atomic E-state index is 11.5. The average molecular weight is 310 g/mol. The van der Waals surface area contributed by atoms with E-state index in [0.29, 0.717) is 0 Å². The lowest BCUT2D eigenvalue weighted by atomic mass is 9.75. The molecule has 0 radical (unpaired) electrons. The summed E-state index contributed by atoms with van der Waals surface area (Å²) >= 11 is 2.19. The topological polar surface area (TPSA) is 26.3 Å². The number of halogens is 1. The minimum Gasteiger partial charge on any atom is -0.469 e. The molecular formula is C11H19IO2. The van der Waals surface area contributed by atoms with Crippen LogP contribution in [0.25, 0.3) is 0 Å². The predicted octanol–water partition coefficient (Wildman–Crippen LogP) is 3.55. The van der Waals surface area contributed by atoms with Gasteiger partial charge in [-0.25, -0.2) is 0 Å². The van der Waals surface area contributed by atoms with Crippen LogP contribution < -0.4 is 0 Å². The van der Waals surface area contributed by atoms with Crippen molar-refractivity contribution in [1.82, 2.24) is 0 Å². The van der Waals surface area contributed by atoms with Crippen molar-refractivity contribution in [3.8, 4) is 0 Å². The summed E-state index contributed by atoms with van der Waals surface area (Å²) in [5, 5.41) is 0. The van der Waals surface area contributed by atoms with Crippen molar-refractivity contribution in [2.24, 2.45) is 10.8 Å². The Hall–Kier alpha value is -0.0600. The number of methoxy groups -OCH3 is 1. The SMILES string of the molecule is COC(=O)C(C)(C)CC(C)(C)/C=C\I. The quantitative estimate of drug-likeness (QED) is 0.586. The molecule has 0 aliphatic heterocycles. The fourth-order valence-corrected chi connectivity index (χ4v) is 2.69. The fourth-order valence-electron chi connectivity index (χ4n) is 1.72. The summed E-state index contributed by atoms with van der Waals surface area (Å²) in [5.74, 6) is -0.146. The molecule has 0 rings (SSSR count). The van der Waals surface area contributed by atoms with Crippen LogP contribution in [0.2, 0.25) is 0 Å². The van der Waals surface area contributed by atoms with Crippen molar-refractivity contribution in [1.29, 1.82) is 0 Å². The summed E-state index contributed by atoms with van der Waals surface area (Å²) in [6.07, 6.45) is 2.89. The third kappa shape index (κ3) is 4.44. The molecule has 0 aromatic heterocycles. The van der Waals surface area contributed by atoms with E-state index in [1.807, 2.05) is 17.9 Å². The van der Waals surface area contributed by atoms with Gasteiger partial charge in [0.1, 0.15) is 0 Å². The van der Waals surface area contributed by atoms with E-state index in [9.17, 15) is 4.79 Å². The molecule has 0 saturated heterocycles. The monoisotopic (exact) mass is 310 g/mol. The lowest BCUT2D eigenvalue weighted by molar-refractivity contribution is -0.152. The molecular weight excluding hydrogens is 291 g/mol. The number of hydrogen-bond acceptors (Lipinski definition) is 2. The number of hydrogen-bond donors (Lipinski definition) is 0. The number of esters is 1. The second-order valence-electron chi connectivity index (χ2n) is 4.83. The summed E-state index contributed by atoms with van der Waals surface area (Å²) in [5.41, 5.74) is -0.396. The Morgan fingerprint density at radius 2 is 1.86 bits per heavy atom. The lowest BCUT2D eigenvalue weighted by Crippen LogP contribution is -2.30. The Morgan fingerprint density at radius 3 is 2.21 bits per heavy atom. The molecule has 0 bridgehead atoms. The maximum absolute atomic E-state index is 11.5. The van der Waals surface area contributed by atoms with E-state index in [4.69, 9.17) is 4.74 Å². The number of allylic oxidation sites excluding steroid dienone is 1. The van der Waals surface area contributed by atoms with Crippen molar-refractivity contribution >= 4 is 28.6 Å². The Kier molecular flexibility index (Phi) is 5.12. The highest BCUT2D eigenvalue weighted by molar-refractivity contribution is 14.1. The number of carbonyl (C=O) groups is 1. The van der Waals surface area contributed by atoms with Crippen molar-refractivity contribution in [2.75, 3.05) is 7.11 Å². The average Bonchev–Trinajstić information content (AvgIpc) is 2.00. The van der Waals surface area contributed by atoms with Gasteiger partial charge in [-0.05, 0) is 29.8 Å². The molecule has 0 aromatic carbocycles. The Morgan fingerprint density at radius 1 is 1.36 bits per heavy atom. The highest BCUT2D eigenvalue weighted by Gasteiger charge is 2.34. The lowest BCUT2D eigenvalue weighted by Gasteiger charge is -2.30. The van der Waals surface area contributed by atoms with E-state index in [-0.39, 0.29) is 11.4 Å². The van der Waals surface area contributed by atoms with Gasteiger partial charge in [-0.15, -0.1) is 0 Å². The van der Waals surface area contributed by atoms with Crippen LogP contribution >= 0.6 is 22.6 Å². The van der Waals surface area contributed by atoms with Crippen LogP contribution in [0.3, 0.4) is 0 Å². The van der Waals surface area contributed by atoms with Crippen LogP contribution in [0.1, 0.15) is 34.1 Å². The van der Waals surface area contributed by atoms with E-state index in [1.165, 1.54) is 7.11 Å². The third-order valence-electron chi connectivity index (χ3n) is 2.15. The van der Waals surface area contributed by atoms with Gasteiger partial charge in [-0.3, -0.25) is 4.79 Å². The number of ether oxygens (including phenoxy) is 1. The molecule has 0 atom stereocenters. The van der Waals surface area contributed by atoms with Gasteiger partial charge in [-0.2, -0.15) is 0 Å². The summed E-state index contributed by atoms with van der Waals surface area (Å²) in [6, 6.07) is 0. The van der Waals surface area contributed by atoms with Gasteiger partial charge < -0.3 is 4.74 Å². The molecule has 0 fully saturated rings. The zero-order valence-corrected chi connectivity index (χ0v) is 11.7. The number of carbonyl (C=O) groups excluding carboxylic acids is 1. The smallest absolute Gasteiger partial charge is 0.311 e. The van der Waals surface area contributed by atoms with Crippen molar-refractivity contribution in [3.05, 3.63) is 10.2 Å². The predicted molar refractivity (Wildman–Crippen MR) is 67.4 cm³/mol. The molecule has 0 amide bonds. The van der Waals surface area contributed by atoms with E-state index >= 15 is 0 Å². The van der Waals surface area contributed by atoms with Crippen LogP contribution in [-0.2, 0) is 9.53 Å². The standard InChI is InChI=1S/C11H19IO2/c1-10(2,6-7-12)8-11(3,4)9(13)14-5/h6-7H,8H2,1-5H3/b7-6-. The first-order chi connectivity index (χ1) is 6.25. The summed E-state index contributed by atoms with van der Waals surface area (Å²) in [4.78, 5) is 11.5. The minimum absolute atomic E-state index is 0.0267. The second-order valence-corrected chi connectivity index (χ2v) is 5.55. The van der Waals surface area contributed by atoms with Crippen LogP contribution in [0, 0.1) is 10.8 Å². The second kappa shape index (κ2) is 5.14. The van der Waals surface area contributed by atoms with E-state index in [0.717, 1.165) is 6.42 Å². The molecule has 0 heterocycles. The molecule has 0 aliphatic rings. The van der Waals surface area contributed by atoms with Crippen molar-refractivity contribution in [2.45, 2.75) is 34.1 Å². The van der Waals surface area contributed by atoms with Crippen LogP contribution in [0.4, 0.5) is 0 Å². The van der Waals surface area contributed by atoms with E-state index < -0.39 is 5.41 Å². The van der Waals surface area contributed by atoms with Gasteiger partial charge in [0.05, 0.1) is 12.5 Å². The molecule has 82 valence electrons. The number of rotatable bonds is 4. The van der Waals surface area contributed by atoms with Crippen LogP contribution in [-0.4, -0.2) is 13.1 Å². The molecule has 0 aromatic rings. The summed E-state index contributed by atoms with van der Waals surface area (Å²) < 4.78 is 6.77. The minimum atomic E-state index is -0.422. The zero-order chi connectivity index (χ0) is 11.4.